The number of carbonyl (C=O) groups is 4. The fourth-order valence-corrected chi connectivity index (χ4v) is 5.83. The molecule has 0 aromatic heterocycles. The molecule has 1 fully saturated rings. The molecule has 3 rings (SSSR count). The number of hydrogen-bond donors (Lipinski definition) is 1. The number of benzene rings is 2. The predicted octanol–water partition coefficient (Wildman–Crippen LogP) is 5.84. The van der Waals surface area contributed by atoms with Gasteiger partial charge in [-0.2, -0.15) is 0 Å². The lowest BCUT2D eigenvalue weighted by atomic mass is 9.78. The molecule has 46 heavy (non-hydrogen) atoms. The zero-order valence-electron chi connectivity index (χ0n) is 27.9. The molecule has 1 saturated heterocycles. The van der Waals surface area contributed by atoms with Gasteiger partial charge in [0.25, 0.3) is 0 Å². The number of cyclic esters (lactones) is 1. The van der Waals surface area contributed by atoms with Gasteiger partial charge in [-0.15, -0.1) is 0 Å². The van der Waals surface area contributed by atoms with Crippen LogP contribution in [-0.4, -0.2) is 73.8 Å². The zero-order chi connectivity index (χ0) is 33.8. The Morgan fingerprint density at radius 1 is 0.957 bits per heavy atom. The molecule has 1 heterocycles. The lowest BCUT2D eigenvalue weighted by Crippen LogP contribution is -2.46. The van der Waals surface area contributed by atoms with Crippen LogP contribution in [0.2, 0.25) is 0 Å². The highest BCUT2D eigenvalue weighted by Gasteiger charge is 2.43. The summed E-state index contributed by atoms with van der Waals surface area (Å²) in [7, 11) is 3.21. The lowest BCUT2D eigenvalue weighted by molar-refractivity contribution is -0.149. The molecule has 252 valence electrons. The van der Waals surface area contributed by atoms with Crippen molar-refractivity contribution in [3.05, 3.63) is 59.7 Å². The third-order valence-corrected chi connectivity index (χ3v) is 8.70. The van der Waals surface area contributed by atoms with Crippen LogP contribution in [0.15, 0.2) is 48.5 Å². The van der Waals surface area contributed by atoms with Crippen LogP contribution < -0.4 is 9.47 Å². The molecule has 1 N–H and O–H groups in total. The van der Waals surface area contributed by atoms with Crippen molar-refractivity contribution < 1.29 is 43.2 Å². The number of hydrogen-bond acceptors (Lipinski definition) is 8. The molecule has 2 aromatic carbocycles. The van der Waals surface area contributed by atoms with Gasteiger partial charge in [-0.25, -0.2) is 9.69 Å². The summed E-state index contributed by atoms with van der Waals surface area (Å²) in [6.07, 6.45) is 0.773. The molecule has 1 unspecified atom stereocenters. The number of ketones is 1. The minimum Gasteiger partial charge on any atom is -0.493 e. The Morgan fingerprint density at radius 3 is 2.28 bits per heavy atom. The highest BCUT2D eigenvalue weighted by molar-refractivity contribution is 6.01. The van der Waals surface area contributed by atoms with Gasteiger partial charge in [0.2, 0.25) is 5.91 Å². The van der Waals surface area contributed by atoms with Gasteiger partial charge in [0.05, 0.1) is 19.8 Å². The third kappa shape index (κ3) is 10.0. The number of imide groups is 1. The van der Waals surface area contributed by atoms with E-state index in [1.54, 1.807) is 28.1 Å². The molecule has 1 aliphatic rings. The van der Waals surface area contributed by atoms with Crippen LogP contribution in [-0.2, 0) is 36.7 Å². The van der Waals surface area contributed by atoms with Crippen molar-refractivity contribution in [3.8, 4) is 11.5 Å². The summed E-state index contributed by atoms with van der Waals surface area (Å²) in [5, 5.41) is 10.2. The van der Waals surface area contributed by atoms with Crippen LogP contribution in [0.4, 0.5) is 4.79 Å². The SMILES string of the molecule is COCCCOc1cc(C[C@@H](CC(C(=O)O)C(=O)C[C@H](C(=O)N2C(=O)OC[C@@H]2Cc2ccccc2)C(C)C)C(C)C)ccc1OC. The maximum absolute atomic E-state index is 13.8. The highest BCUT2D eigenvalue weighted by Crippen LogP contribution is 2.33. The highest BCUT2D eigenvalue weighted by atomic mass is 16.6. The smallest absolute Gasteiger partial charge is 0.416 e. The van der Waals surface area contributed by atoms with E-state index in [-0.39, 0.29) is 37.2 Å². The van der Waals surface area contributed by atoms with E-state index in [1.165, 1.54) is 0 Å². The van der Waals surface area contributed by atoms with E-state index in [4.69, 9.17) is 18.9 Å². The Bertz CT molecular complexity index is 1310. The molecule has 4 atom stereocenters. The second-order valence-corrected chi connectivity index (χ2v) is 12.7. The van der Waals surface area contributed by atoms with Gasteiger partial charge >= 0.3 is 12.1 Å². The molecular weight excluding hydrogens is 590 g/mol. The minimum atomic E-state index is -1.30. The Morgan fingerprint density at radius 2 is 1.67 bits per heavy atom. The van der Waals surface area contributed by atoms with Crippen LogP contribution >= 0.6 is 0 Å². The molecule has 0 aliphatic carbocycles. The van der Waals surface area contributed by atoms with Gasteiger partial charge in [-0.3, -0.25) is 14.4 Å². The van der Waals surface area contributed by atoms with E-state index in [1.807, 2.05) is 62.4 Å². The first-order valence-electron chi connectivity index (χ1n) is 16.0. The van der Waals surface area contributed by atoms with Crippen molar-refractivity contribution in [2.45, 2.75) is 65.8 Å². The topological polar surface area (TPSA) is 129 Å². The van der Waals surface area contributed by atoms with Crippen molar-refractivity contribution in [2.75, 3.05) is 34.0 Å². The first-order valence-corrected chi connectivity index (χ1v) is 16.0. The monoisotopic (exact) mass is 639 g/mol. The fourth-order valence-electron chi connectivity index (χ4n) is 5.83. The summed E-state index contributed by atoms with van der Waals surface area (Å²) in [6, 6.07) is 14.6. The fraction of sp³-hybridized carbons (Fsp3) is 0.556. The van der Waals surface area contributed by atoms with Crippen molar-refractivity contribution in [1.82, 2.24) is 4.90 Å². The Kier molecular flexibility index (Phi) is 14.1. The summed E-state index contributed by atoms with van der Waals surface area (Å²) < 4.78 is 21.7. The first-order chi connectivity index (χ1) is 22.0. The number of ether oxygens (including phenoxy) is 4. The van der Waals surface area contributed by atoms with Gasteiger partial charge in [0.15, 0.2) is 11.5 Å². The van der Waals surface area contributed by atoms with Gasteiger partial charge in [0, 0.05) is 32.5 Å². The second kappa shape index (κ2) is 17.7. The van der Waals surface area contributed by atoms with Gasteiger partial charge < -0.3 is 24.1 Å². The first kappa shape index (κ1) is 36.5. The third-order valence-electron chi connectivity index (χ3n) is 8.70. The Hall–Kier alpha value is -3.92. The van der Waals surface area contributed by atoms with Crippen LogP contribution in [0, 0.1) is 29.6 Å². The maximum atomic E-state index is 13.8. The standard InChI is InChI=1S/C36H49NO9/c1-23(2)27(17-26-13-14-32(44-6)33(19-26)45-16-10-15-43-5)20-30(35(40)41)31(38)21-29(24(3)4)34(39)37-28(22-46-36(37)42)18-25-11-8-7-9-12-25/h7-9,11-14,19,23-24,27-30H,10,15-18,20-22H2,1-6H3,(H,40,41)/t27-,28-,29-,30?/m0/s1. The molecule has 2 amide bonds. The number of rotatable bonds is 19. The number of nitrogens with zero attached hydrogens (tertiary/aromatic N) is 1. The summed E-state index contributed by atoms with van der Waals surface area (Å²) in [6.45, 7) is 8.70. The largest absolute Gasteiger partial charge is 0.493 e. The molecule has 0 bridgehead atoms. The predicted molar refractivity (Wildman–Crippen MR) is 173 cm³/mol. The summed E-state index contributed by atoms with van der Waals surface area (Å²) in [4.78, 5) is 53.8. The van der Waals surface area contributed by atoms with E-state index < -0.39 is 41.6 Å². The molecule has 0 spiro atoms. The molecule has 2 aromatic rings. The number of aliphatic carboxylic acids is 1. The number of carboxylic acid groups (broad SMARTS) is 1. The normalized spacial score (nSPS) is 16.7. The van der Waals surface area contributed by atoms with E-state index in [9.17, 15) is 24.3 Å². The minimum absolute atomic E-state index is 0.0668. The van der Waals surface area contributed by atoms with Crippen LogP contribution in [0.5, 0.6) is 11.5 Å². The number of methoxy groups -OCH3 is 2. The number of Topliss-reactive ketones (excluding diaryl/α,β-unsaturated/α-hetero) is 1. The van der Waals surface area contributed by atoms with Crippen molar-refractivity contribution >= 4 is 23.8 Å². The van der Waals surface area contributed by atoms with E-state index in [0.717, 1.165) is 16.0 Å². The Labute approximate surface area is 272 Å². The number of carbonyl (C=O) groups excluding carboxylic acids is 3. The summed E-state index contributed by atoms with van der Waals surface area (Å²) in [5.41, 5.74) is 1.89. The zero-order valence-corrected chi connectivity index (χ0v) is 27.9. The maximum Gasteiger partial charge on any atom is 0.416 e. The number of carboxylic acids is 1. The van der Waals surface area contributed by atoms with Gasteiger partial charge in [0.1, 0.15) is 18.3 Å². The van der Waals surface area contributed by atoms with Crippen molar-refractivity contribution in [3.63, 3.8) is 0 Å². The van der Waals surface area contributed by atoms with E-state index in [0.29, 0.717) is 44.0 Å². The molecule has 10 nitrogen and oxygen atoms in total. The average Bonchev–Trinajstić information content (AvgIpc) is 3.38. The van der Waals surface area contributed by atoms with E-state index >= 15 is 0 Å². The van der Waals surface area contributed by atoms with Crippen LogP contribution in [0.1, 0.15) is 58.1 Å². The average molecular weight is 640 g/mol. The van der Waals surface area contributed by atoms with Crippen LogP contribution in [0.3, 0.4) is 0 Å². The van der Waals surface area contributed by atoms with Gasteiger partial charge in [-0.05, 0) is 60.3 Å². The van der Waals surface area contributed by atoms with Gasteiger partial charge in [-0.1, -0.05) is 64.1 Å². The molecule has 0 radical (unpaired) electrons. The molecule has 1 aliphatic heterocycles. The van der Waals surface area contributed by atoms with E-state index in [2.05, 4.69) is 0 Å². The Balaban J connectivity index is 1.75. The second-order valence-electron chi connectivity index (χ2n) is 12.7. The molecule has 0 saturated carbocycles. The summed E-state index contributed by atoms with van der Waals surface area (Å²) >= 11 is 0. The molecule has 10 heteroatoms. The quantitative estimate of drug-likeness (QED) is 0.149. The molecular formula is C36H49NO9. The number of amides is 2. The van der Waals surface area contributed by atoms with Crippen molar-refractivity contribution in [1.29, 1.82) is 0 Å². The summed E-state index contributed by atoms with van der Waals surface area (Å²) in [5.74, 6) is -3.59. The lowest BCUT2D eigenvalue weighted by Gasteiger charge is -2.28. The van der Waals surface area contributed by atoms with Crippen LogP contribution in [0.25, 0.3) is 0 Å². The van der Waals surface area contributed by atoms with Crippen molar-refractivity contribution in [2.24, 2.45) is 29.6 Å².